The molecule has 0 N–H and O–H groups in total. The van der Waals surface area contributed by atoms with Crippen LogP contribution in [0.5, 0.6) is 0 Å². The van der Waals surface area contributed by atoms with Crippen molar-refractivity contribution >= 4 is 6.47 Å². The molecular formula is C19H21O2. The molecule has 0 spiro atoms. The summed E-state index contributed by atoms with van der Waals surface area (Å²) in [6, 6.07) is 20.3. The van der Waals surface area contributed by atoms with E-state index in [2.05, 4.69) is 31.2 Å². The van der Waals surface area contributed by atoms with Crippen LogP contribution in [0.4, 0.5) is 0 Å². The number of carbonyl (C=O) groups excluding carboxylic acids is 1. The Morgan fingerprint density at radius 1 is 0.952 bits per heavy atom. The van der Waals surface area contributed by atoms with Crippen LogP contribution in [0.1, 0.15) is 49.3 Å². The number of hydrogen-bond acceptors (Lipinski definition) is 2. The highest BCUT2D eigenvalue weighted by Gasteiger charge is 2.20. The minimum Gasteiger partial charge on any atom is -0.449 e. The summed E-state index contributed by atoms with van der Waals surface area (Å²) in [7, 11) is 0. The first-order chi connectivity index (χ1) is 10.3. The Balaban J connectivity index is 2.18. The molecule has 1 radical (unpaired) electrons. The molecule has 0 amide bonds. The molecule has 2 nitrogen and oxygen atoms in total. The fourth-order valence-electron chi connectivity index (χ4n) is 2.73. The summed E-state index contributed by atoms with van der Waals surface area (Å²) < 4.78 is 5.22. The van der Waals surface area contributed by atoms with E-state index in [1.165, 1.54) is 5.56 Å². The highest BCUT2D eigenvalue weighted by molar-refractivity contribution is 5.40. The van der Waals surface area contributed by atoms with Crippen molar-refractivity contribution in [3.05, 3.63) is 71.8 Å². The average molecular weight is 281 g/mol. The number of rotatable bonds is 8. The molecule has 0 aliphatic rings. The summed E-state index contributed by atoms with van der Waals surface area (Å²) in [6.45, 7) is 3.80. The van der Waals surface area contributed by atoms with E-state index in [0.717, 1.165) is 24.8 Å². The molecule has 0 heterocycles. The molecule has 0 aliphatic heterocycles. The molecule has 0 saturated carbocycles. The van der Waals surface area contributed by atoms with Gasteiger partial charge in [-0.2, -0.15) is 0 Å². The zero-order chi connectivity index (χ0) is 14.9. The third-order valence-corrected chi connectivity index (χ3v) is 3.77. The van der Waals surface area contributed by atoms with Crippen LogP contribution in [-0.2, 0) is 9.53 Å². The van der Waals surface area contributed by atoms with Crippen molar-refractivity contribution in [2.45, 2.75) is 38.2 Å². The van der Waals surface area contributed by atoms with Gasteiger partial charge in [0.15, 0.2) is 0 Å². The number of ether oxygens (including phenoxy) is 1. The van der Waals surface area contributed by atoms with Crippen molar-refractivity contribution in [3.8, 4) is 0 Å². The largest absolute Gasteiger partial charge is 0.449 e. The van der Waals surface area contributed by atoms with Crippen molar-refractivity contribution in [2.75, 3.05) is 0 Å². The predicted molar refractivity (Wildman–Crippen MR) is 84.7 cm³/mol. The highest BCUT2D eigenvalue weighted by atomic mass is 16.5. The summed E-state index contributed by atoms with van der Waals surface area (Å²) in [5, 5.41) is 0. The van der Waals surface area contributed by atoms with Crippen molar-refractivity contribution in [1.82, 2.24) is 0 Å². The Bertz CT molecular complexity index is 522. The van der Waals surface area contributed by atoms with Gasteiger partial charge >= 0.3 is 6.47 Å². The lowest BCUT2D eigenvalue weighted by Crippen LogP contribution is -2.09. The molecule has 2 heteroatoms. The first-order valence-electron chi connectivity index (χ1n) is 7.47. The Kier molecular flexibility index (Phi) is 6.01. The smallest absolute Gasteiger partial charge is 0.418 e. The molecule has 0 saturated heterocycles. The van der Waals surface area contributed by atoms with Gasteiger partial charge in [-0.15, -0.1) is 0 Å². The van der Waals surface area contributed by atoms with E-state index < -0.39 is 0 Å². The Morgan fingerprint density at radius 2 is 1.52 bits per heavy atom. The van der Waals surface area contributed by atoms with Crippen LogP contribution in [0.2, 0.25) is 0 Å². The van der Waals surface area contributed by atoms with Crippen LogP contribution in [0.15, 0.2) is 60.7 Å². The Labute approximate surface area is 126 Å². The van der Waals surface area contributed by atoms with E-state index in [1.54, 1.807) is 6.47 Å². The van der Waals surface area contributed by atoms with E-state index in [1.807, 2.05) is 36.4 Å². The molecule has 2 atom stereocenters. The standard InChI is InChI=1S/C19H21O2/c1-2-9-18(16-10-5-3-6-11-16)14-19(21-15-20)17-12-7-4-8-13-17/h3-8,10-13,18-19H,2,9,14H2,1H3. The second kappa shape index (κ2) is 8.25. The molecule has 2 rings (SSSR count). The third-order valence-electron chi connectivity index (χ3n) is 3.77. The van der Waals surface area contributed by atoms with E-state index >= 15 is 0 Å². The molecule has 2 unspecified atom stereocenters. The minimum atomic E-state index is -0.236. The van der Waals surface area contributed by atoms with Gasteiger partial charge in [-0.1, -0.05) is 74.0 Å². The lowest BCUT2D eigenvalue weighted by molar-refractivity contribution is 0.158. The van der Waals surface area contributed by atoms with Gasteiger partial charge in [-0.05, 0) is 29.9 Å². The maximum atomic E-state index is 10.7. The SMILES string of the molecule is CCCC(CC(O[C]=O)c1ccccc1)c1ccccc1. The van der Waals surface area contributed by atoms with Gasteiger partial charge < -0.3 is 4.74 Å². The zero-order valence-corrected chi connectivity index (χ0v) is 12.4. The molecule has 0 aliphatic carbocycles. The van der Waals surface area contributed by atoms with Crippen LogP contribution in [0.3, 0.4) is 0 Å². The van der Waals surface area contributed by atoms with E-state index in [0.29, 0.717) is 5.92 Å². The summed E-state index contributed by atoms with van der Waals surface area (Å²) >= 11 is 0. The number of benzene rings is 2. The van der Waals surface area contributed by atoms with Crippen molar-refractivity contribution in [2.24, 2.45) is 0 Å². The van der Waals surface area contributed by atoms with Gasteiger partial charge in [0.2, 0.25) is 0 Å². The van der Waals surface area contributed by atoms with Crippen molar-refractivity contribution in [1.29, 1.82) is 0 Å². The summed E-state index contributed by atoms with van der Waals surface area (Å²) in [5.41, 5.74) is 2.33. The lowest BCUT2D eigenvalue weighted by Gasteiger charge is -2.22. The molecule has 21 heavy (non-hydrogen) atoms. The van der Waals surface area contributed by atoms with Crippen LogP contribution in [-0.4, -0.2) is 6.47 Å². The highest BCUT2D eigenvalue weighted by Crippen LogP contribution is 2.33. The summed E-state index contributed by atoms with van der Waals surface area (Å²) in [6.07, 6.45) is 2.74. The molecule has 0 bridgehead atoms. The number of hydrogen-bond donors (Lipinski definition) is 0. The molecule has 2 aromatic carbocycles. The van der Waals surface area contributed by atoms with Crippen LogP contribution in [0.25, 0.3) is 0 Å². The average Bonchev–Trinajstić information content (AvgIpc) is 2.55. The van der Waals surface area contributed by atoms with E-state index in [-0.39, 0.29) is 6.10 Å². The molecule has 2 aromatic rings. The van der Waals surface area contributed by atoms with Crippen LogP contribution >= 0.6 is 0 Å². The maximum Gasteiger partial charge on any atom is 0.418 e. The normalized spacial score (nSPS) is 13.4. The van der Waals surface area contributed by atoms with Gasteiger partial charge in [-0.3, -0.25) is 0 Å². The summed E-state index contributed by atoms with van der Waals surface area (Å²) in [5.74, 6) is 0.384. The predicted octanol–water partition coefficient (Wildman–Crippen LogP) is 4.79. The fraction of sp³-hybridized carbons (Fsp3) is 0.316. The van der Waals surface area contributed by atoms with Gasteiger partial charge in [0.05, 0.1) is 0 Å². The van der Waals surface area contributed by atoms with Gasteiger partial charge in [0.25, 0.3) is 0 Å². The first-order valence-corrected chi connectivity index (χ1v) is 7.47. The zero-order valence-electron chi connectivity index (χ0n) is 12.4. The quantitative estimate of drug-likeness (QED) is 0.695. The molecule has 109 valence electrons. The minimum absolute atomic E-state index is 0.236. The molecule has 0 fully saturated rings. The lowest BCUT2D eigenvalue weighted by atomic mass is 9.87. The van der Waals surface area contributed by atoms with Gasteiger partial charge in [0, 0.05) is 0 Å². The van der Waals surface area contributed by atoms with Gasteiger partial charge in [0.1, 0.15) is 6.10 Å². The third kappa shape index (κ3) is 4.45. The second-order valence-electron chi connectivity index (χ2n) is 5.23. The fourth-order valence-corrected chi connectivity index (χ4v) is 2.73. The van der Waals surface area contributed by atoms with Crippen molar-refractivity contribution in [3.63, 3.8) is 0 Å². The van der Waals surface area contributed by atoms with Crippen LogP contribution in [0, 0.1) is 0 Å². The van der Waals surface area contributed by atoms with E-state index in [9.17, 15) is 4.79 Å². The maximum absolute atomic E-state index is 10.7. The Hall–Kier alpha value is -2.09. The van der Waals surface area contributed by atoms with Gasteiger partial charge in [-0.25, -0.2) is 4.79 Å². The van der Waals surface area contributed by atoms with Crippen molar-refractivity contribution < 1.29 is 9.53 Å². The Morgan fingerprint density at radius 3 is 2.05 bits per heavy atom. The molecule has 0 aromatic heterocycles. The second-order valence-corrected chi connectivity index (χ2v) is 5.23. The van der Waals surface area contributed by atoms with Crippen LogP contribution < -0.4 is 0 Å². The monoisotopic (exact) mass is 281 g/mol. The molecular weight excluding hydrogens is 260 g/mol. The summed E-state index contributed by atoms with van der Waals surface area (Å²) in [4.78, 5) is 10.7. The van der Waals surface area contributed by atoms with E-state index in [4.69, 9.17) is 4.74 Å². The topological polar surface area (TPSA) is 26.3 Å². The first kappa shape index (κ1) is 15.3.